The summed E-state index contributed by atoms with van der Waals surface area (Å²) in [7, 11) is 0. The molecule has 0 spiro atoms. The van der Waals surface area contributed by atoms with E-state index in [9.17, 15) is 9.59 Å². The summed E-state index contributed by atoms with van der Waals surface area (Å²) >= 11 is 0. The summed E-state index contributed by atoms with van der Waals surface area (Å²) < 4.78 is 16.7. The van der Waals surface area contributed by atoms with Crippen LogP contribution in [-0.4, -0.2) is 31.3 Å². The molecule has 186 valence electrons. The van der Waals surface area contributed by atoms with Crippen LogP contribution in [0.2, 0.25) is 0 Å². The van der Waals surface area contributed by atoms with E-state index in [1.807, 2.05) is 67.6 Å². The van der Waals surface area contributed by atoms with Crippen LogP contribution in [0.1, 0.15) is 22.8 Å². The van der Waals surface area contributed by atoms with E-state index in [1.54, 1.807) is 42.5 Å². The van der Waals surface area contributed by atoms with Gasteiger partial charge in [0.05, 0.1) is 18.4 Å². The smallest absolute Gasteiger partial charge is 0.343 e. The molecule has 0 unspecified atom stereocenters. The molecule has 1 N–H and O–H groups in total. The van der Waals surface area contributed by atoms with Gasteiger partial charge in [0.15, 0.2) is 18.1 Å². The van der Waals surface area contributed by atoms with Gasteiger partial charge in [-0.15, -0.1) is 0 Å². The van der Waals surface area contributed by atoms with Crippen LogP contribution < -0.4 is 19.6 Å². The van der Waals surface area contributed by atoms with Crippen molar-refractivity contribution in [2.75, 3.05) is 13.2 Å². The fraction of sp³-hybridized carbons (Fsp3) is 0.100. The number of hydrogen-bond acceptors (Lipinski definition) is 6. The number of ether oxygens (including phenoxy) is 3. The van der Waals surface area contributed by atoms with Crippen molar-refractivity contribution < 1.29 is 23.8 Å². The predicted octanol–water partition coefficient (Wildman–Crippen LogP) is 5.50. The topological polar surface area (TPSA) is 86.2 Å². The standard InChI is InChI=1S/C30H26N2O5/c1-2-35-28-19-22(13-18-27(28)37-30(34)25-11-7-4-8-12-25)20-31-32-29(33)21-36-26-16-14-24(15-17-26)23-9-5-3-6-10-23/h3-20H,2,21H2,1H3,(H,32,33)/b31-20+. The second kappa shape index (κ2) is 12.7. The number of benzene rings is 4. The van der Waals surface area contributed by atoms with Gasteiger partial charge in [0.2, 0.25) is 0 Å². The number of hydrogen-bond donors (Lipinski definition) is 1. The minimum atomic E-state index is -0.482. The molecule has 0 aliphatic heterocycles. The number of carbonyl (C=O) groups is 2. The van der Waals surface area contributed by atoms with Gasteiger partial charge in [0, 0.05) is 0 Å². The molecular weight excluding hydrogens is 468 g/mol. The second-order valence-electron chi connectivity index (χ2n) is 7.87. The highest BCUT2D eigenvalue weighted by Crippen LogP contribution is 2.29. The third-order valence-electron chi connectivity index (χ3n) is 5.21. The summed E-state index contributed by atoms with van der Waals surface area (Å²) in [5.74, 6) is 0.389. The van der Waals surface area contributed by atoms with Gasteiger partial charge in [-0.3, -0.25) is 4.79 Å². The largest absolute Gasteiger partial charge is 0.490 e. The van der Waals surface area contributed by atoms with E-state index in [0.717, 1.165) is 11.1 Å². The summed E-state index contributed by atoms with van der Waals surface area (Å²) in [6.45, 7) is 2.04. The van der Waals surface area contributed by atoms with Crippen molar-refractivity contribution in [3.63, 3.8) is 0 Å². The third kappa shape index (κ3) is 7.29. The van der Waals surface area contributed by atoms with E-state index < -0.39 is 11.9 Å². The first-order valence-corrected chi connectivity index (χ1v) is 11.8. The van der Waals surface area contributed by atoms with E-state index in [4.69, 9.17) is 14.2 Å². The Balaban J connectivity index is 1.30. The number of rotatable bonds is 10. The number of nitrogens with zero attached hydrogens (tertiary/aromatic N) is 1. The Bertz CT molecular complexity index is 1350. The maximum Gasteiger partial charge on any atom is 0.343 e. The lowest BCUT2D eigenvalue weighted by Crippen LogP contribution is -2.24. The number of esters is 1. The summed E-state index contributed by atoms with van der Waals surface area (Å²) in [6, 6.07) is 31.2. The van der Waals surface area contributed by atoms with Gasteiger partial charge < -0.3 is 14.2 Å². The molecule has 0 aliphatic carbocycles. The van der Waals surface area contributed by atoms with Gasteiger partial charge in [-0.1, -0.05) is 60.7 Å². The van der Waals surface area contributed by atoms with Crippen LogP contribution in [0.3, 0.4) is 0 Å². The van der Waals surface area contributed by atoms with E-state index in [-0.39, 0.29) is 6.61 Å². The van der Waals surface area contributed by atoms with Crippen LogP contribution in [0.25, 0.3) is 11.1 Å². The maximum absolute atomic E-state index is 12.4. The molecule has 0 atom stereocenters. The number of hydrazone groups is 1. The molecule has 0 aliphatic rings. The van der Waals surface area contributed by atoms with Crippen LogP contribution in [-0.2, 0) is 4.79 Å². The minimum absolute atomic E-state index is 0.180. The minimum Gasteiger partial charge on any atom is -0.490 e. The fourth-order valence-electron chi connectivity index (χ4n) is 3.42. The first-order valence-electron chi connectivity index (χ1n) is 11.8. The molecule has 4 aromatic rings. The van der Waals surface area contributed by atoms with Crippen LogP contribution >= 0.6 is 0 Å². The van der Waals surface area contributed by atoms with Crippen LogP contribution in [0.5, 0.6) is 17.2 Å². The second-order valence-corrected chi connectivity index (χ2v) is 7.87. The van der Waals surface area contributed by atoms with Crippen molar-refractivity contribution in [1.29, 1.82) is 0 Å². The normalized spacial score (nSPS) is 10.6. The van der Waals surface area contributed by atoms with Gasteiger partial charge >= 0.3 is 5.97 Å². The first kappa shape index (κ1) is 25.2. The molecule has 0 bridgehead atoms. The van der Waals surface area contributed by atoms with Crippen LogP contribution in [0.15, 0.2) is 108 Å². The van der Waals surface area contributed by atoms with Gasteiger partial charge in [0.25, 0.3) is 5.91 Å². The number of nitrogens with one attached hydrogen (secondary N) is 1. The van der Waals surface area contributed by atoms with E-state index in [1.165, 1.54) is 6.21 Å². The zero-order valence-electron chi connectivity index (χ0n) is 20.3. The van der Waals surface area contributed by atoms with Crippen LogP contribution in [0, 0.1) is 0 Å². The van der Waals surface area contributed by atoms with E-state index >= 15 is 0 Å². The first-order chi connectivity index (χ1) is 18.1. The highest BCUT2D eigenvalue weighted by atomic mass is 16.6. The fourth-order valence-corrected chi connectivity index (χ4v) is 3.42. The van der Waals surface area contributed by atoms with Gasteiger partial charge in [-0.05, 0) is 66.1 Å². The summed E-state index contributed by atoms with van der Waals surface area (Å²) in [5.41, 5.74) is 5.70. The Kier molecular flexibility index (Phi) is 8.64. The van der Waals surface area contributed by atoms with Gasteiger partial charge in [-0.2, -0.15) is 5.10 Å². The molecule has 0 radical (unpaired) electrons. The van der Waals surface area contributed by atoms with E-state index in [0.29, 0.717) is 35.0 Å². The predicted molar refractivity (Wildman–Crippen MR) is 142 cm³/mol. The lowest BCUT2D eigenvalue weighted by Gasteiger charge is -2.11. The van der Waals surface area contributed by atoms with Crippen molar-refractivity contribution in [1.82, 2.24) is 5.43 Å². The highest BCUT2D eigenvalue weighted by molar-refractivity contribution is 5.91. The Morgan fingerprint density at radius 2 is 1.46 bits per heavy atom. The molecular formula is C30H26N2O5. The summed E-state index contributed by atoms with van der Waals surface area (Å²) in [5, 5.41) is 3.98. The Hall–Kier alpha value is -4.91. The molecule has 4 rings (SSSR count). The Morgan fingerprint density at radius 1 is 0.784 bits per heavy atom. The third-order valence-corrected chi connectivity index (χ3v) is 5.21. The quantitative estimate of drug-likeness (QED) is 0.136. The molecule has 0 saturated heterocycles. The van der Waals surface area contributed by atoms with Crippen molar-refractivity contribution in [3.8, 4) is 28.4 Å². The summed E-state index contributed by atoms with van der Waals surface area (Å²) in [6.07, 6.45) is 1.47. The average molecular weight is 495 g/mol. The summed E-state index contributed by atoms with van der Waals surface area (Å²) in [4.78, 5) is 24.5. The van der Waals surface area contributed by atoms with E-state index in [2.05, 4.69) is 10.5 Å². The molecule has 0 saturated carbocycles. The lowest BCUT2D eigenvalue weighted by molar-refractivity contribution is -0.123. The van der Waals surface area contributed by atoms with Gasteiger partial charge in [-0.25, -0.2) is 10.2 Å². The SMILES string of the molecule is CCOc1cc(/C=N/NC(=O)COc2ccc(-c3ccccc3)cc2)ccc1OC(=O)c1ccccc1. The average Bonchev–Trinajstić information content (AvgIpc) is 2.94. The van der Waals surface area contributed by atoms with Crippen molar-refractivity contribution in [2.24, 2.45) is 5.10 Å². The molecule has 37 heavy (non-hydrogen) atoms. The van der Waals surface area contributed by atoms with Gasteiger partial charge in [0.1, 0.15) is 5.75 Å². The molecule has 7 heteroatoms. The number of amides is 1. The molecule has 1 amide bonds. The number of carbonyl (C=O) groups excluding carboxylic acids is 2. The monoisotopic (exact) mass is 494 g/mol. The zero-order chi connectivity index (χ0) is 25.9. The Morgan fingerprint density at radius 3 is 2.16 bits per heavy atom. The molecule has 7 nitrogen and oxygen atoms in total. The Labute approximate surface area is 215 Å². The molecule has 0 heterocycles. The zero-order valence-corrected chi connectivity index (χ0v) is 20.3. The van der Waals surface area contributed by atoms with Crippen molar-refractivity contribution in [3.05, 3.63) is 114 Å². The maximum atomic E-state index is 12.4. The van der Waals surface area contributed by atoms with Crippen molar-refractivity contribution in [2.45, 2.75) is 6.92 Å². The molecule has 4 aromatic carbocycles. The highest BCUT2D eigenvalue weighted by Gasteiger charge is 2.13. The van der Waals surface area contributed by atoms with Crippen molar-refractivity contribution >= 4 is 18.1 Å². The molecule has 0 fully saturated rings. The lowest BCUT2D eigenvalue weighted by atomic mass is 10.1. The van der Waals surface area contributed by atoms with Crippen LogP contribution in [0.4, 0.5) is 0 Å². The molecule has 0 aromatic heterocycles.